The molecule has 0 bridgehead atoms. The third kappa shape index (κ3) is 4.30. The quantitative estimate of drug-likeness (QED) is 0.620. The van der Waals surface area contributed by atoms with E-state index in [0.717, 1.165) is 0 Å². The van der Waals surface area contributed by atoms with Crippen LogP contribution in [0.15, 0.2) is 71.3 Å². The van der Waals surface area contributed by atoms with Crippen molar-refractivity contribution >= 4 is 5.91 Å². The Kier molecular flexibility index (Phi) is 5.69. The highest BCUT2D eigenvalue weighted by Crippen LogP contribution is 2.22. The van der Waals surface area contributed by atoms with Gasteiger partial charge in [-0.15, -0.1) is 0 Å². The third-order valence-corrected chi connectivity index (χ3v) is 3.89. The highest BCUT2D eigenvalue weighted by Gasteiger charge is 2.21. The summed E-state index contributed by atoms with van der Waals surface area (Å²) in [4.78, 5) is 14.8. The average molecular weight is 353 g/mol. The van der Waals surface area contributed by atoms with Gasteiger partial charge in [-0.05, 0) is 48.9 Å². The van der Waals surface area contributed by atoms with Gasteiger partial charge in [0.1, 0.15) is 17.3 Å². The number of rotatable bonds is 7. The van der Waals surface area contributed by atoms with Gasteiger partial charge in [0.25, 0.3) is 5.91 Å². The normalized spacial score (nSPS) is 10.5. The Bertz CT molecular complexity index is 861. The summed E-state index contributed by atoms with van der Waals surface area (Å²) in [6, 6.07) is 16.9. The molecule has 0 unspecified atom stereocenters. The summed E-state index contributed by atoms with van der Waals surface area (Å²) < 4.78 is 24.5. The first kappa shape index (κ1) is 17.7. The molecule has 5 heteroatoms. The van der Waals surface area contributed by atoms with Gasteiger partial charge < -0.3 is 14.1 Å². The second-order valence-corrected chi connectivity index (χ2v) is 5.80. The second kappa shape index (κ2) is 8.34. The van der Waals surface area contributed by atoms with Gasteiger partial charge in [-0.2, -0.15) is 0 Å². The number of hydrogen-bond donors (Lipinski definition) is 0. The van der Waals surface area contributed by atoms with Crippen LogP contribution in [0.2, 0.25) is 0 Å². The van der Waals surface area contributed by atoms with Gasteiger partial charge in [-0.25, -0.2) is 4.39 Å². The van der Waals surface area contributed by atoms with Gasteiger partial charge in [0, 0.05) is 6.54 Å². The molecule has 2 aromatic carbocycles. The molecule has 0 spiro atoms. The third-order valence-electron chi connectivity index (χ3n) is 3.89. The highest BCUT2D eigenvalue weighted by molar-refractivity contribution is 5.96. The first-order valence-corrected chi connectivity index (χ1v) is 8.45. The minimum absolute atomic E-state index is 0.199. The molecule has 3 rings (SSSR count). The van der Waals surface area contributed by atoms with Crippen LogP contribution in [0.3, 0.4) is 0 Å². The fourth-order valence-corrected chi connectivity index (χ4v) is 2.74. The standard InChI is InChI=1S/C21H20FNO3/c1-2-25-20-11-4-3-10-19(20)21(24)23(15-18-9-6-12-26-18)14-16-7-5-8-17(22)13-16/h3-13H,2,14-15H2,1H3. The molecule has 0 saturated carbocycles. The molecular weight excluding hydrogens is 333 g/mol. The summed E-state index contributed by atoms with van der Waals surface area (Å²) in [5, 5.41) is 0. The van der Waals surface area contributed by atoms with Crippen molar-refractivity contribution in [3.8, 4) is 5.75 Å². The number of carbonyl (C=O) groups excluding carboxylic acids is 1. The van der Waals surface area contributed by atoms with Crippen LogP contribution in [-0.4, -0.2) is 17.4 Å². The fourth-order valence-electron chi connectivity index (χ4n) is 2.74. The summed E-state index contributed by atoms with van der Waals surface area (Å²) in [5.41, 5.74) is 1.18. The van der Waals surface area contributed by atoms with E-state index in [9.17, 15) is 9.18 Å². The lowest BCUT2D eigenvalue weighted by atomic mass is 10.1. The predicted octanol–water partition coefficient (Wildman–Crippen LogP) is 4.66. The maximum absolute atomic E-state index is 13.5. The molecule has 4 nitrogen and oxygen atoms in total. The molecule has 134 valence electrons. The van der Waals surface area contributed by atoms with Crippen molar-refractivity contribution in [1.29, 1.82) is 0 Å². The Morgan fingerprint density at radius 1 is 1.08 bits per heavy atom. The number of ether oxygens (including phenoxy) is 1. The number of halogens is 1. The lowest BCUT2D eigenvalue weighted by Crippen LogP contribution is -2.30. The van der Waals surface area contributed by atoms with Crippen molar-refractivity contribution in [2.45, 2.75) is 20.0 Å². The molecule has 0 aliphatic rings. The van der Waals surface area contributed by atoms with Crippen LogP contribution in [0.5, 0.6) is 5.75 Å². The molecule has 0 aliphatic carbocycles. The molecule has 1 amide bonds. The lowest BCUT2D eigenvalue weighted by Gasteiger charge is -2.23. The monoisotopic (exact) mass is 353 g/mol. The van der Waals surface area contributed by atoms with Crippen LogP contribution in [-0.2, 0) is 13.1 Å². The topological polar surface area (TPSA) is 42.7 Å². The Morgan fingerprint density at radius 2 is 1.92 bits per heavy atom. The molecule has 0 atom stereocenters. The number of carbonyl (C=O) groups is 1. The van der Waals surface area contributed by atoms with Crippen LogP contribution >= 0.6 is 0 Å². The summed E-state index contributed by atoms with van der Waals surface area (Å²) in [7, 11) is 0. The van der Waals surface area contributed by atoms with Gasteiger partial charge in [0.15, 0.2) is 0 Å². The van der Waals surface area contributed by atoms with E-state index in [-0.39, 0.29) is 24.8 Å². The molecule has 3 aromatic rings. The zero-order valence-corrected chi connectivity index (χ0v) is 14.5. The smallest absolute Gasteiger partial charge is 0.258 e. The van der Waals surface area contributed by atoms with E-state index in [1.165, 1.54) is 12.1 Å². The SMILES string of the molecule is CCOc1ccccc1C(=O)N(Cc1cccc(F)c1)Cc1ccco1. The second-order valence-electron chi connectivity index (χ2n) is 5.80. The molecule has 0 saturated heterocycles. The number of furan rings is 1. The van der Waals surface area contributed by atoms with Crippen LogP contribution in [0.4, 0.5) is 4.39 Å². The van der Waals surface area contributed by atoms with Gasteiger partial charge in [-0.1, -0.05) is 24.3 Å². The van der Waals surface area contributed by atoms with Crippen LogP contribution in [0, 0.1) is 5.82 Å². The number of amides is 1. The average Bonchev–Trinajstić information content (AvgIpc) is 3.15. The number of benzene rings is 2. The van der Waals surface area contributed by atoms with Crippen LogP contribution < -0.4 is 4.74 Å². The molecule has 26 heavy (non-hydrogen) atoms. The van der Waals surface area contributed by atoms with Crippen molar-refractivity contribution in [1.82, 2.24) is 4.90 Å². The van der Waals surface area contributed by atoms with E-state index in [4.69, 9.17) is 9.15 Å². The number of hydrogen-bond acceptors (Lipinski definition) is 3. The molecule has 0 aliphatic heterocycles. The van der Waals surface area contributed by atoms with Gasteiger partial charge in [-0.3, -0.25) is 4.79 Å². The maximum Gasteiger partial charge on any atom is 0.258 e. The zero-order chi connectivity index (χ0) is 18.4. The largest absolute Gasteiger partial charge is 0.493 e. The van der Waals surface area contributed by atoms with Crippen molar-refractivity contribution < 1.29 is 18.3 Å². The van der Waals surface area contributed by atoms with E-state index in [1.807, 2.05) is 13.0 Å². The Labute approximate surface area is 151 Å². The number of nitrogens with zero attached hydrogens (tertiary/aromatic N) is 1. The minimum atomic E-state index is -0.331. The van der Waals surface area contributed by atoms with Gasteiger partial charge in [0.05, 0.1) is 25.0 Å². The van der Waals surface area contributed by atoms with Crippen LogP contribution in [0.1, 0.15) is 28.6 Å². The van der Waals surface area contributed by atoms with Crippen molar-refractivity contribution in [3.63, 3.8) is 0 Å². The van der Waals surface area contributed by atoms with E-state index >= 15 is 0 Å². The van der Waals surface area contributed by atoms with E-state index in [1.54, 1.807) is 53.6 Å². The molecule has 0 N–H and O–H groups in total. The van der Waals surface area contributed by atoms with Crippen molar-refractivity contribution in [2.75, 3.05) is 6.61 Å². The molecule has 1 aromatic heterocycles. The predicted molar refractivity (Wildman–Crippen MR) is 96.3 cm³/mol. The zero-order valence-electron chi connectivity index (χ0n) is 14.5. The lowest BCUT2D eigenvalue weighted by molar-refractivity contribution is 0.0713. The molecule has 0 radical (unpaired) electrons. The first-order chi connectivity index (χ1) is 12.7. The highest BCUT2D eigenvalue weighted by atomic mass is 19.1. The Morgan fingerprint density at radius 3 is 2.65 bits per heavy atom. The summed E-state index contributed by atoms with van der Waals surface area (Å²) in [5.74, 6) is 0.657. The van der Waals surface area contributed by atoms with Crippen LogP contribution in [0.25, 0.3) is 0 Å². The van der Waals surface area contributed by atoms with Gasteiger partial charge in [0.2, 0.25) is 0 Å². The molecule has 1 heterocycles. The fraction of sp³-hybridized carbons (Fsp3) is 0.190. The summed E-state index contributed by atoms with van der Waals surface area (Å²) in [6.07, 6.45) is 1.56. The first-order valence-electron chi connectivity index (χ1n) is 8.45. The minimum Gasteiger partial charge on any atom is -0.493 e. The Balaban J connectivity index is 1.90. The molecule has 0 fully saturated rings. The Hall–Kier alpha value is -3.08. The van der Waals surface area contributed by atoms with Crippen molar-refractivity contribution in [2.24, 2.45) is 0 Å². The summed E-state index contributed by atoms with van der Waals surface area (Å²) in [6.45, 7) is 2.88. The van der Waals surface area contributed by atoms with E-state index in [2.05, 4.69) is 0 Å². The van der Waals surface area contributed by atoms with E-state index in [0.29, 0.717) is 29.2 Å². The summed E-state index contributed by atoms with van der Waals surface area (Å²) >= 11 is 0. The van der Waals surface area contributed by atoms with Gasteiger partial charge >= 0.3 is 0 Å². The maximum atomic E-state index is 13.5. The number of para-hydroxylation sites is 1. The van der Waals surface area contributed by atoms with Crippen molar-refractivity contribution in [3.05, 3.63) is 89.6 Å². The molecular formula is C21H20FNO3. The van der Waals surface area contributed by atoms with E-state index < -0.39 is 0 Å².